The number of anilines is 3. The lowest BCUT2D eigenvalue weighted by molar-refractivity contribution is 0.210. The topological polar surface area (TPSA) is 77.9 Å². The number of nitrogens with zero attached hydrogens (tertiary/aromatic N) is 3. The fourth-order valence-corrected chi connectivity index (χ4v) is 2.75. The van der Waals surface area contributed by atoms with Crippen LogP contribution in [0.3, 0.4) is 0 Å². The van der Waals surface area contributed by atoms with Gasteiger partial charge in [-0.05, 0) is 36.4 Å². The van der Waals surface area contributed by atoms with Gasteiger partial charge >= 0.3 is 6.09 Å². The molecule has 3 rings (SSSR count). The van der Waals surface area contributed by atoms with Gasteiger partial charge in [-0.25, -0.2) is 9.78 Å². The van der Waals surface area contributed by atoms with Gasteiger partial charge in [0.15, 0.2) is 0 Å². The van der Waals surface area contributed by atoms with Crippen molar-refractivity contribution < 1.29 is 14.6 Å². The molecule has 2 aromatic rings. The van der Waals surface area contributed by atoms with E-state index in [1.807, 2.05) is 24.3 Å². The number of hydrogen-bond donors (Lipinski definition) is 2. The molecule has 2 heterocycles. The second-order valence-electron chi connectivity index (χ2n) is 5.51. The fourth-order valence-electron chi connectivity index (χ4n) is 2.75. The molecule has 7 heteroatoms. The number of piperazine rings is 1. The third-order valence-electron chi connectivity index (χ3n) is 4.04. The summed E-state index contributed by atoms with van der Waals surface area (Å²) in [5.74, 6) is 1.71. The summed E-state index contributed by atoms with van der Waals surface area (Å²) < 4.78 is 5.13. The zero-order chi connectivity index (χ0) is 16.9. The summed E-state index contributed by atoms with van der Waals surface area (Å²) in [7, 11) is 1.63. The van der Waals surface area contributed by atoms with Gasteiger partial charge < -0.3 is 19.6 Å². The molecule has 0 atom stereocenters. The van der Waals surface area contributed by atoms with Crippen molar-refractivity contribution in [3.8, 4) is 5.75 Å². The zero-order valence-electron chi connectivity index (χ0n) is 13.5. The molecule has 0 radical (unpaired) electrons. The van der Waals surface area contributed by atoms with Crippen molar-refractivity contribution in [2.24, 2.45) is 0 Å². The Balaban J connectivity index is 1.58. The average molecular weight is 328 g/mol. The smallest absolute Gasteiger partial charge is 0.409 e. The second kappa shape index (κ2) is 7.08. The summed E-state index contributed by atoms with van der Waals surface area (Å²) in [6.07, 6.45) is 0.680. The Labute approximate surface area is 140 Å². The van der Waals surface area contributed by atoms with Crippen LogP contribution in [0.1, 0.15) is 0 Å². The van der Waals surface area contributed by atoms with Crippen molar-refractivity contribution >= 4 is 23.3 Å². The third kappa shape index (κ3) is 3.68. The highest BCUT2D eigenvalue weighted by Gasteiger charge is 2.18. The highest BCUT2D eigenvalue weighted by Crippen LogP contribution is 2.22. The molecule has 0 bridgehead atoms. The van der Waals surface area contributed by atoms with Gasteiger partial charge in [0.2, 0.25) is 0 Å². The van der Waals surface area contributed by atoms with E-state index < -0.39 is 6.09 Å². The van der Waals surface area contributed by atoms with Crippen LogP contribution in [0.25, 0.3) is 0 Å². The molecule has 0 unspecified atom stereocenters. The number of carbonyl (C=O) groups is 1. The van der Waals surface area contributed by atoms with Crippen LogP contribution < -0.4 is 19.9 Å². The quantitative estimate of drug-likeness (QED) is 0.898. The number of pyridine rings is 1. The maximum absolute atomic E-state index is 10.6. The van der Waals surface area contributed by atoms with Gasteiger partial charge in [-0.3, -0.25) is 5.32 Å². The summed E-state index contributed by atoms with van der Waals surface area (Å²) >= 11 is 0. The van der Waals surface area contributed by atoms with Crippen LogP contribution in [-0.2, 0) is 0 Å². The molecule has 1 aliphatic heterocycles. The Morgan fingerprint density at radius 3 is 2.29 bits per heavy atom. The van der Waals surface area contributed by atoms with Crippen molar-refractivity contribution in [1.29, 1.82) is 0 Å². The summed E-state index contributed by atoms with van der Waals surface area (Å²) in [5.41, 5.74) is 1.67. The highest BCUT2D eigenvalue weighted by atomic mass is 16.5. The number of benzene rings is 1. The third-order valence-corrected chi connectivity index (χ3v) is 4.04. The predicted octanol–water partition coefficient (Wildman–Crippen LogP) is 2.51. The van der Waals surface area contributed by atoms with E-state index in [-0.39, 0.29) is 0 Å². The van der Waals surface area contributed by atoms with Crippen LogP contribution in [0.15, 0.2) is 42.6 Å². The molecule has 0 saturated carbocycles. The molecular formula is C17H20N4O3. The maximum Gasteiger partial charge on any atom is 0.409 e. The molecule has 0 aliphatic carbocycles. The van der Waals surface area contributed by atoms with Gasteiger partial charge in [-0.1, -0.05) is 0 Å². The first-order valence-corrected chi connectivity index (χ1v) is 7.75. The van der Waals surface area contributed by atoms with Crippen LogP contribution in [-0.4, -0.2) is 49.5 Å². The summed E-state index contributed by atoms with van der Waals surface area (Å²) in [6.45, 7) is 3.54. The lowest BCUT2D eigenvalue weighted by atomic mass is 10.2. The second-order valence-corrected chi connectivity index (χ2v) is 5.51. The van der Waals surface area contributed by atoms with E-state index in [0.29, 0.717) is 5.69 Å². The van der Waals surface area contributed by atoms with E-state index in [0.717, 1.165) is 43.4 Å². The number of ether oxygens (including phenoxy) is 1. The number of hydrogen-bond acceptors (Lipinski definition) is 5. The number of rotatable bonds is 4. The lowest BCUT2D eigenvalue weighted by Gasteiger charge is -2.36. The Kier molecular flexibility index (Phi) is 4.69. The molecule has 0 spiro atoms. The monoisotopic (exact) mass is 328 g/mol. The molecule has 1 aromatic carbocycles. The van der Waals surface area contributed by atoms with Crippen LogP contribution in [0, 0.1) is 0 Å². The summed E-state index contributed by atoms with van der Waals surface area (Å²) in [5, 5.41) is 11.1. The van der Waals surface area contributed by atoms with Gasteiger partial charge in [0.1, 0.15) is 11.6 Å². The van der Waals surface area contributed by atoms with E-state index in [1.54, 1.807) is 25.4 Å². The van der Waals surface area contributed by atoms with E-state index in [4.69, 9.17) is 9.84 Å². The van der Waals surface area contributed by atoms with E-state index in [9.17, 15) is 4.79 Å². The van der Waals surface area contributed by atoms with Gasteiger partial charge in [0.05, 0.1) is 13.3 Å². The predicted molar refractivity (Wildman–Crippen MR) is 93.3 cm³/mol. The Hall–Kier alpha value is -2.96. The van der Waals surface area contributed by atoms with Crippen molar-refractivity contribution in [2.75, 3.05) is 48.4 Å². The molecule has 7 nitrogen and oxygen atoms in total. The van der Waals surface area contributed by atoms with Crippen LogP contribution in [0.2, 0.25) is 0 Å². The highest BCUT2D eigenvalue weighted by molar-refractivity contribution is 5.83. The van der Waals surface area contributed by atoms with E-state index >= 15 is 0 Å². The van der Waals surface area contributed by atoms with Crippen LogP contribution in [0.5, 0.6) is 5.75 Å². The largest absolute Gasteiger partial charge is 0.495 e. The average Bonchev–Trinajstić information content (AvgIpc) is 2.62. The number of aromatic nitrogens is 1. The van der Waals surface area contributed by atoms with Crippen molar-refractivity contribution in [3.05, 3.63) is 42.6 Å². The molecule has 1 fully saturated rings. The van der Waals surface area contributed by atoms with Gasteiger partial charge in [0.25, 0.3) is 0 Å². The Bertz CT molecular complexity index is 680. The standard InChI is InChI=1S/C17H20N4O3/c1-24-15-6-7-16(18-12-15)21-10-8-20(9-11-21)14-4-2-13(3-5-14)19-17(22)23/h2-7,12,19H,8-11H2,1H3,(H,22,23). The van der Waals surface area contributed by atoms with Crippen LogP contribution >= 0.6 is 0 Å². The minimum atomic E-state index is -1.05. The molecule has 1 aliphatic rings. The Morgan fingerprint density at radius 1 is 1.08 bits per heavy atom. The first-order valence-electron chi connectivity index (χ1n) is 7.75. The van der Waals surface area contributed by atoms with Crippen LogP contribution in [0.4, 0.5) is 22.0 Å². The molecule has 1 amide bonds. The normalized spacial score (nSPS) is 14.4. The first-order chi connectivity index (χ1) is 11.7. The molecular weight excluding hydrogens is 308 g/mol. The van der Waals surface area contributed by atoms with Crippen molar-refractivity contribution in [3.63, 3.8) is 0 Å². The first kappa shape index (κ1) is 15.9. The summed E-state index contributed by atoms with van der Waals surface area (Å²) in [6, 6.07) is 11.3. The van der Waals surface area contributed by atoms with E-state index in [2.05, 4.69) is 20.1 Å². The number of amides is 1. The van der Waals surface area contributed by atoms with Crippen molar-refractivity contribution in [2.45, 2.75) is 0 Å². The van der Waals surface area contributed by atoms with E-state index in [1.165, 1.54) is 0 Å². The van der Waals surface area contributed by atoms with Gasteiger partial charge in [0, 0.05) is 37.6 Å². The zero-order valence-corrected chi connectivity index (χ0v) is 13.5. The number of carboxylic acid groups (broad SMARTS) is 1. The fraction of sp³-hybridized carbons (Fsp3) is 0.294. The van der Waals surface area contributed by atoms with Gasteiger partial charge in [-0.2, -0.15) is 0 Å². The Morgan fingerprint density at radius 2 is 1.75 bits per heavy atom. The minimum Gasteiger partial charge on any atom is -0.495 e. The maximum atomic E-state index is 10.6. The van der Waals surface area contributed by atoms with Crippen molar-refractivity contribution in [1.82, 2.24) is 4.98 Å². The molecule has 1 aromatic heterocycles. The number of nitrogens with one attached hydrogen (secondary N) is 1. The molecule has 1 saturated heterocycles. The molecule has 24 heavy (non-hydrogen) atoms. The summed E-state index contributed by atoms with van der Waals surface area (Å²) in [4.78, 5) is 19.6. The number of methoxy groups -OCH3 is 1. The van der Waals surface area contributed by atoms with Gasteiger partial charge in [-0.15, -0.1) is 0 Å². The molecule has 126 valence electrons. The SMILES string of the molecule is COc1ccc(N2CCN(c3ccc(NC(=O)O)cc3)CC2)nc1. The molecule has 2 N–H and O–H groups in total. The minimum absolute atomic E-state index is 0.576. The lowest BCUT2D eigenvalue weighted by Crippen LogP contribution is -2.46.